The standard InChI is InChI=1S/C14H26N4O2S/c1-3-12-16-10-13(17-12)21(19,20)18(2)14(11-15)8-6-4-5-7-9-14/h10H,3-9,11,15H2,1-2H3,(H,16,17). The van der Waals surface area contributed by atoms with Gasteiger partial charge in [0, 0.05) is 25.6 Å². The number of hydrogen-bond donors (Lipinski definition) is 2. The number of aromatic nitrogens is 2. The zero-order valence-electron chi connectivity index (χ0n) is 12.9. The van der Waals surface area contributed by atoms with E-state index in [0.717, 1.165) is 38.5 Å². The highest BCUT2D eigenvalue weighted by Gasteiger charge is 2.41. The summed E-state index contributed by atoms with van der Waals surface area (Å²) in [6.07, 6.45) is 8.11. The number of nitrogens with one attached hydrogen (secondary N) is 1. The molecule has 120 valence electrons. The van der Waals surface area contributed by atoms with Gasteiger partial charge in [0.25, 0.3) is 10.0 Å². The van der Waals surface area contributed by atoms with E-state index in [1.807, 2.05) is 6.92 Å². The van der Waals surface area contributed by atoms with E-state index in [1.54, 1.807) is 7.05 Å². The third-order valence-corrected chi connectivity index (χ3v) is 6.53. The normalized spacial score (nSPS) is 19.6. The molecule has 1 heterocycles. The highest BCUT2D eigenvalue weighted by atomic mass is 32.2. The summed E-state index contributed by atoms with van der Waals surface area (Å²) in [7, 11) is -1.93. The van der Waals surface area contributed by atoms with Gasteiger partial charge in [-0.3, -0.25) is 0 Å². The highest BCUT2D eigenvalue weighted by Crippen LogP contribution is 2.34. The summed E-state index contributed by atoms with van der Waals surface area (Å²) in [6.45, 7) is 2.29. The highest BCUT2D eigenvalue weighted by molar-refractivity contribution is 7.89. The van der Waals surface area contributed by atoms with Crippen LogP contribution in [0.4, 0.5) is 0 Å². The first-order chi connectivity index (χ1) is 9.96. The molecule has 1 fully saturated rings. The molecule has 0 unspecified atom stereocenters. The summed E-state index contributed by atoms with van der Waals surface area (Å²) in [5.41, 5.74) is 5.52. The SMILES string of the molecule is CCc1ncc(S(=O)(=O)N(C)C2(CN)CCCCCC2)[nH]1. The van der Waals surface area contributed by atoms with Gasteiger partial charge in [0.15, 0.2) is 5.03 Å². The van der Waals surface area contributed by atoms with Crippen molar-refractivity contribution < 1.29 is 8.42 Å². The molecule has 21 heavy (non-hydrogen) atoms. The summed E-state index contributed by atoms with van der Waals surface area (Å²) < 4.78 is 27.2. The van der Waals surface area contributed by atoms with Gasteiger partial charge in [-0.1, -0.05) is 32.6 Å². The Labute approximate surface area is 127 Å². The van der Waals surface area contributed by atoms with Crippen molar-refractivity contribution in [3.8, 4) is 0 Å². The third kappa shape index (κ3) is 3.14. The first-order valence-corrected chi connectivity index (χ1v) is 9.13. The van der Waals surface area contributed by atoms with Gasteiger partial charge in [0.1, 0.15) is 5.82 Å². The van der Waals surface area contributed by atoms with Crippen LogP contribution in [-0.2, 0) is 16.4 Å². The van der Waals surface area contributed by atoms with Crippen molar-refractivity contribution in [2.45, 2.75) is 62.4 Å². The molecule has 1 aliphatic carbocycles. The zero-order chi connectivity index (χ0) is 15.5. The van der Waals surface area contributed by atoms with Crippen LogP contribution >= 0.6 is 0 Å². The van der Waals surface area contributed by atoms with Crippen molar-refractivity contribution >= 4 is 10.0 Å². The van der Waals surface area contributed by atoms with E-state index in [2.05, 4.69) is 9.97 Å². The second-order valence-corrected chi connectivity index (χ2v) is 7.80. The Hall–Kier alpha value is -0.920. The molecule has 7 heteroatoms. The molecule has 0 aliphatic heterocycles. The number of hydrogen-bond acceptors (Lipinski definition) is 4. The fourth-order valence-corrected chi connectivity index (χ4v) is 4.59. The molecule has 1 aliphatic rings. The second kappa shape index (κ2) is 6.46. The van der Waals surface area contributed by atoms with E-state index in [-0.39, 0.29) is 5.03 Å². The van der Waals surface area contributed by atoms with E-state index in [9.17, 15) is 8.42 Å². The second-order valence-electron chi connectivity index (χ2n) is 5.86. The molecular weight excluding hydrogens is 288 g/mol. The molecule has 0 spiro atoms. The first-order valence-electron chi connectivity index (χ1n) is 7.69. The van der Waals surface area contributed by atoms with Crippen molar-refractivity contribution in [1.29, 1.82) is 0 Å². The van der Waals surface area contributed by atoms with Crippen LogP contribution in [0.25, 0.3) is 0 Å². The molecule has 0 aromatic carbocycles. The largest absolute Gasteiger partial charge is 0.332 e. The van der Waals surface area contributed by atoms with Crippen LogP contribution in [0.1, 0.15) is 51.3 Å². The Balaban J connectivity index is 2.32. The Morgan fingerprint density at radius 2 is 1.95 bits per heavy atom. The average Bonchev–Trinajstić information content (AvgIpc) is 2.85. The van der Waals surface area contributed by atoms with E-state index in [1.165, 1.54) is 10.5 Å². The van der Waals surface area contributed by atoms with Gasteiger partial charge in [-0.2, -0.15) is 4.31 Å². The van der Waals surface area contributed by atoms with Crippen molar-refractivity contribution in [2.24, 2.45) is 5.73 Å². The average molecular weight is 314 g/mol. The summed E-state index contributed by atoms with van der Waals surface area (Å²) in [6, 6.07) is 0. The quantitative estimate of drug-likeness (QED) is 0.808. The number of nitrogens with two attached hydrogens (primary N) is 1. The predicted molar refractivity (Wildman–Crippen MR) is 82.4 cm³/mol. The number of H-pyrrole nitrogens is 1. The molecule has 1 aromatic rings. The Morgan fingerprint density at radius 3 is 2.43 bits per heavy atom. The monoisotopic (exact) mass is 314 g/mol. The maximum Gasteiger partial charge on any atom is 0.260 e. The summed E-state index contributed by atoms with van der Waals surface area (Å²) in [5, 5.41) is 0.166. The summed E-state index contributed by atoms with van der Waals surface area (Å²) >= 11 is 0. The van der Waals surface area contributed by atoms with Crippen LogP contribution in [0, 0.1) is 0 Å². The van der Waals surface area contributed by atoms with Crippen LogP contribution in [0.15, 0.2) is 11.2 Å². The summed E-state index contributed by atoms with van der Waals surface area (Å²) in [5.74, 6) is 0.685. The fraction of sp³-hybridized carbons (Fsp3) is 0.786. The molecule has 0 bridgehead atoms. The minimum Gasteiger partial charge on any atom is -0.332 e. The van der Waals surface area contributed by atoms with Gasteiger partial charge in [-0.15, -0.1) is 0 Å². The molecule has 3 N–H and O–H groups in total. The Morgan fingerprint density at radius 1 is 1.33 bits per heavy atom. The smallest absolute Gasteiger partial charge is 0.260 e. The van der Waals surface area contributed by atoms with E-state index in [0.29, 0.717) is 18.8 Å². The Bertz CT molecular complexity index is 559. The van der Waals surface area contributed by atoms with Crippen molar-refractivity contribution in [3.05, 3.63) is 12.0 Å². The van der Waals surface area contributed by atoms with Crippen LogP contribution in [-0.4, -0.2) is 41.8 Å². The fourth-order valence-electron chi connectivity index (χ4n) is 3.09. The minimum absolute atomic E-state index is 0.166. The maximum atomic E-state index is 12.8. The number of aromatic amines is 1. The predicted octanol–water partition coefficient (Wildman–Crippen LogP) is 1.64. The number of nitrogens with zero attached hydrogens (tertiary/aromatic N) is 2. The molecule has 1 saturated carbocycles. The molecule has 1 aromatic heterocycles. The lowest BCUT2D eigenvalue weighted by atomic mass is 9.90. The number of aryl methyl sites for hydroxylation is 1. The number of imidazole rings is 1. The van der Waals surface area contributed by atoms with E-state index in [4.69, 9.17) is 5.73 Å². The van der Waals surface area contributed by atoms with Gasteiger partial charge in [-0.05, 0) is 12.8 Å². The molecule has 6 nitrogen and oxygen atoms in total. The third-order valence-electron chi connectivity index (χ3n) is 4.66. The number of sulfonamides is 1. The molecular formula is C14H26N4O2S. The van der Waals surface area contributed by atoms with Gasteiger partial charge in [-0.25, -0.2) is 13.4 Å². The van der Waals surface area contributed by atoms with Crippen molar-refractivity contribution in [3.63, 3.8) is 0 Å². The minimum atomic E-state index is -3.58. The van der Waals surface area contributed by atoms with Gasteiger partial charge < -0.3 is 10.7 Å². The topological polar surface area (TPSA) is 92.1 Å². The van der Waals surface area contributed by atoms with Crippen LogP contribution < -0.4 is 5.73 Å². The number of likely N-dealkylation sites (N-methyl/N-ethyl adjacent to an activating group) is 1. The number of rotatable bonds is 5. The van der Waals surface area contributed by atoms with Crippen LogP contribution in [0.5, 0.6) is 0 Å². The van der Waals surface area contributed by atoms with Gasteiger partial charge in [0.05, 0.1) is 6.20 Å². The molecule has 0 atom stereocenters. The van der Waals surface area contributed by atoms with Crippen molar-refractivity contribution in [2.75, 3.05) is 13.6 Å². The lowest BCUT2D eigenvalue weighted by Crippen LogP contribution is -2.54. The lowest BCUT2D eigenvalue weighted by Gasteiger charge is -2.39. The van der Waals surface area contributed by atoms with Gasteiger partial charge >= 0.3 is 0 Å². The lowest BCUT2D eigenvalue weighted by molar-refractivity contribution is 0.195. The van der Waals surface area contributed by atoms with Crippen LogP contribution in [0.3, 0.4) is 0 Å². The zero-order valence-corrected chi connectivity index (χ0v) is 13.7. The molecule has 0 radical (unpaired) electrons. The van der Waals surface area contributed by atoms with Gasteiger partial charge in [0.2, 0.25) is 0 Å². The van der Waals surface area contributed by atoms with Crippen molar-refractivity contribution in [1.82, 2.24) is 14.3 Å². The summed E-state index contributed by atoms with van der Waals surface area (Å²) in [4.78, 5) is 7.00. The first kappa shape index (κ1) is 16.5. The maximum absolute atomic E-state index is 12.8. The van der Waals surface area contributed by atoms with Crippen LogP contribution in [0.2, 0.25) is 0 Å². The Kier molecular flexibility index (Phi) is 5.06. The van der Waals surface area contributed by atoms with E-state index < -0.39 is 15.6 Å². The molecule has 0 saturated heterocycles. The molecule has 2 rings (SSSR count). The van der Waals surface area contributed by atoms with E-state index >= 15 is 0 Å². The molecule has 0 amide bonds.